The molecule has 0 heterocycles. The highest BCUT2D eigenvalue weighted by atomic mass is 79.9. The zero-order valence-corrected chi connectivity index (χ0v) is 13.3. The predicted molar refractivity (Wildman–Crippen MR) is 88.8 cm³/mol. The van der Waals surface area contributed by atoms with Crippen molar-refractivity contribution in [1.29, 1.82) is 0 Å². The van der Waals surface area contributed by atoms with E-state index in [1.807, 2.05) is 24.3 Å². The van der Waals surface area contributed by atoms with E-state index in [9.17, 15) is 4.79 Å². The van der Waals surface area contributed by atoms with E-state index < -0.39 is 0 Å². The van der Waals surface area contributed by atoms with E-state index in [-0.39, 0.29) is 5.91 Å². The number of carbonyl (C=O) groups is 1. The van der Waals surface area contributed by atoms with Gasteiger partial charge in [0.25, 0.3) is 5.91 Å². The maximum absolute atomic E-state index is 12.2. The van der Waals surface area contributed by atoms with Crippen molar-refractivity contribution in [3.63, 3.8) is 0 Å². The second-order valence-electron chi connectivity index (χ2n) is 4.68. The molecule has 0 aliphatic rings. The number of rotatable bonds is 4. The third-order valence-electron chi connectivity index (χ3n) is 3.08. The molecular formula is C17H15BrN2O. The van der Waals surface area contributed by atoms with Crippen LogP contribution in [0.4, 0.5) is 11.4 Å². The van der Waals surface area contributed by atoms with Crippen LogP contribution in [0.25, 0.3) is 4.85 Å². The monoisotopic (exact) mass is 342 g/mol. The zero-order chi connectivity index (χ0) is 15.2. The lowest BCUT2D eigenvalue weighted by Gasteiger charge is -2.08. The van der Waals surface area contributed by atoms with Gasteiger partial charge in [0, 0.05) is 10.0 Å². The first-order valence-corrected chi connectivity index (χ1v) is 7.50. The molecule has 0 aromatic heterocycles. The lowest BCUT2D eigenvalue weighted by atomic mass is 10.1. The first-order valence-electron chi connectivity index (χ1n) is 6.71. The SMILES string of the molecule is [C-]#[N+]c1ccc(NC(=O)c2ccc(CCC)cc2)c(Br)c1. The molecule has 0 radical (unpaired) electrons. The molecule has 1 N–H and O–H groups in total. The molecule has 2 aromatic rings. The summed E-state index contributed by atoms with van der Waals surface area (Å²) in [6, 6.07) is 12.7. The fourth-order valence-corrected chi connectivity index (χ4v) is 2.45. The van der Waals surface area contributed by atoms with Crippen molar-refractivity contribution in [2.24, 2.45) is 0 Å². The number of halogens is 1. The molecule has 0 spiro atoms. The number of amides is 1. The standard InChI is InChI=1S/C17H15BrN2O/c1-3-4-12-5-7-13(8-6-12)17(21)20-16-10-9-14(19-2)11-15(16)18/h5-11H,3-4H2,1H3,(H,20,21). The van der Waals surface area contributed by atoms with Gasteiger partial charge >= 0.3 is 0 Å². The highest BCUT2D eigenvalue weighted by Gasteiger charge is 2.08. The Hall–Kier alpha value is -2.12. The Kier molecular flexibility index (Phi) is 5.13. The molecule has 21 heavy (non-hydrogen) atoms. The van der Waals surface area contributed by atoms with Gasteiger partial charge in [-0.2, -0.15) is 0 Å². The molecule has 1 amide bonds. The highest BCUT2D eigenvalue weighted by molar-refractivity contribution is 9.10. The van der Waals surface area contributed by atoms with E-state index in [1.54, 1.807) is 18.2 Å². The van der Waals surface area contributed by atoms with Gasteiger partial charge in [0.15, 0.2) is 5.69 Å². The minimum Gasteiger partial charge on any atom is -0.321 e. The predicted octanol–water partition coefficient (Wildman–Crippen LogP) is 5.20. The Morgan fingerprint density at radius 1 is 1.24 bits per heavy atom. The van der Waals surface area contributed by atoms with Crippen LogP contribution in [0.15, 0.2) is 46.9 Å². The second kappa shape index (κ2) is 7.05. The van der Waals surface area contributed by atoms with Crippen LogP contribution in [-0.4, -0.2) is 5.91 Å². The van der Waals surface area contributed by atoms with Gasteiger partial charge in [0.05, 0.1) is 12.3 Å². The van der Waals surface area contributed by atoms with Crippen molar-refractivity contribution >= 4 is 33.2 Å². The molecule has 106 valence electrons. The molecule has 0 bridgehead atoms. The lowest BCUT2D eigenvalue weighted by molar-refractivity contribution is 0.102. The van der Waals surface area contributed by atoms with Gasteiger partial charge in [-0.15, -0.1) is 0 Å². The zero-order valence-electron chi connectivity index (χ0n) is 11.7. The summed E-state index contributed by atoms with van der Waals surface area (Å²) in [7, 11) is 0. The minimum atomic E-state index is -0.158. The van der Waals surface area contributed by atoms with E-state index in [4.69, 9.17) is 6.57 Å². The third kappa shape index (κ3) is 3.93. The largest absolute Gasteiger partial charge is 0.321 e. The first kappa shape index (κ1) is 15.3. The number of hydrogen-bond donors (Lipinski definition) is 1. The number of benzene rings is 2. The van der Waals surface area contributed by atoms with E-state index >= 15 is 0 Å². The van der Waals surface area contributed by atoms with Gasteiger partial charge in [-0.1, -0.05) is 31.5 Å². The maximum Gasteiger partial charge on any atom is 0.255 e. The number of nitrogens with one attached hydrogen (secondary N) is 1. The molecule has 4 heteroatoms. The first-order chi connectivity index (χ1) is 10.1. The van der Waals surface area contributed by atoms with E-state index in [2.05, 4.69) is 33.0 Å². The van der Waals surface area contributed by atoms with Gasteiger partial charge in [0.2, 0.25) is 0 Å². The third-order valence-corrected chi connectivity index (χ3v) is 3.74. The second-order valence-corrected chi connectivity index (χ2v) is 5.53. The van der Waals surface area contributed by atoms with Gasteiger partial charge in [-0.05, 0) is 52.2 Å². The normalized spacial score (nSPS) is 9.95. The Bertz CT molecular complexity index is 687. The average Bonchev–Trinajstić information content (AvgIpc) is 2.50. The molecule has 0 unspecified atom stereocenters. The van der Waals surface area contributed by atoms with Crippen LogP contribution in [-0.2, 0) is 6.42 Å². The summed E-state index contributed by atoms with van der Waals surface area (Å²) >= 11 is 3.36. The molecule has 0 saturated carbocycles. The average molecular weight is 343 g/mol. The van der Waals surface area contributed by atoms with Crippen LogP contribution in [0.3, 0.4) is 0 Å². The van der Waals surface area contributed by atoms with Crippen LogP contribution >= 0.6 is 15.9 Å². The molecule has 3 nitrogen and oxygen atoms in total. The fourth-order valence-electron chi connectivity index (χ4n) is 1.98. The van der Waals surface area contributed by atoms with Crippen LogP contribution in [0.5, 0.6) is 0 Å². The van der Waals surface area contributed by atoms with Gasteiger partial charge in [-0.25, -0.2) is 4.85 Å². The Labute approximate surface area is 132 Å². The molecule has 2 aromatic carbocycles. The summed E-state index contributed by atoms with van der Waals surface area (Å²) in [6.45, 7) is 9.09. The molecule has 0 aliphatic carbocycles. The van der Waals surface area contributed by atoms with Crippen LogP contribution in [0.2, 0.25) is 0 Å². The number of anilines is 1. The molecule has 0 aliphatic heterocycles. The summed E-state index contributed by atoms with van der Waals surface area (Å²) in [5, 5.41) is 2.84. The van der Waals surface area contributed by atoms with Crippen LogP contribution in [0.1, 0.15) is 29.3 Å². The summed E-state index contributed by atoms with van der Waals surface area (Å²) in [6.07, 6.45) is 2.11. The number of hydrogen-bond acceptors (Lipinski definition) is 1. The van der Waals surface area contributed by atoms with Crippen molar-refractivity contribution in [3.05, 3.63) is 69.5 Å². The van der Waals surface area contributed by atoms with Gasteiger partial charge < -0.3 is 5.32 Å². The smallest absolute Gasteiger partial charge is 0.255 e. The van der Waals surface area contributed by atoms with Crippen molar-refractivity contribution in [2.75, 3.05) is 5.32 Å². The summed E-state index contributed by atoms with van der Waals surface area (Å²) < 4.78 is 0.701. The van der Waals surface area contributed by atoms with E-state index in [0.717, 1.165) is 12.8 Å². The molecule has 0 atom stereocenters. The lowest BCUT2D eigenvalue weighted by Crippen LogP contribution is -2.12. The fraction of sp³-hybridized carbons (Fsp3) is 0.176. The molecule has 0 fully saturated rings. The molecular weight excluding hydrogens is 328 g/mol. The van der Waals surface area contributed by atoms with Crippen molar-refractivity contribution in [2.45, 2.75) is 19.8 Å². The Balaban J connectivity index is 2.12. The minimum absolute atomic E-state index is 0.158. The van der Waals surface area contributed by atoms with Crippen LogP contribution in [0, 0.1) is 6.57 Å². The van der Waals surface area contributed by atoms with Gasteiger partial charge in [0.1, 0.15) is 0 Å². The van der Waals surface area contributed by atoms with E-state index in [0.29, 0.717) is 21.4 Å². The number of aryl methyl sites for hydroxylation is 1. The van der Waals surface area contributed by atoms with Crippen molar-refractivity contribution in [3.8, 4) is 0 Å². The van der Waals surface area contributed by atoms with Crippen molar-refractivity contribution in [1.82, 2.24) is 0 Å². The summed E-state index contributed by atoms with van der Waals surface area (Å²) in [5.41, 5.74) is 3.04. The summed E-state index contributed by atoms with van der Waals surface area (Å²) in [5.74, 6) is -0.158. The maximum atomic E-state index is 12.2. The summed E-state index contributed by atoms with van der Waals surface area (Å²) in [4.78, 5) is 15.5. The Morgan fingerprint density at radius 3 is 2.52 bits per heavy atom. The van der Waals surface area contributed by atoms with E-state index in [1.165, 1.54) is 5.56 Å². The molecule has 0 saturated heterocycles. The number of nitrogens with zero attached hydrogens (tertiary/aromatic N) is 1. The van der Waals surface area contributed by atoms with Crippen LogP contribution < -0.4 is 5.32 Å². The van der Waals surface area contributed by atoms with Gasteiger partial charge in [-0.3, -0.25) is 4.79 Å². The quantitative estimate of drug-likeness (QED) is 0.760. The number of carbonyl (C=O) groups excluding carboxylic acids is 1. The topological polar surface area (TPSA) is 33.5 Å². The Morgan fingerprint density at radius 2 is 1.95 bits per heavy atom. The molecule has 2 rings (SSSR count). The van der Waals surface area contributed by atoms with Crippen molar-refractivity contribution < 1.29 is 4.79 Å². The highest BCUT2D eigenvalue weighted by Crippen LogP contribution is 2.27.